The van der Waals surface area contributed by atoms with Crippen molar-refractivity contribution in [3.63, 3.8) is 0 Å². The quantitative estimate of drug-likeness (QED) is 0.170. The first kappa shape index (κ1) is 40.3. The van der Waals surface area contributed by atoms with E-state index in [1.807, 2.05) is 58.0 Å². The van der Waals surface area contributed by atoms with Crippen LogP contribution < -0.4 is 21.3 Å². The van der Waals surface area contributed by atoms with Gasteiger partial charge in [-0.15, -0.1) is 12.4 Å². The summed E-state index contributed by atoms with van der Waals surface area (Å²) in [6.45, 7) is 15.0. The predicted octanol–water partition coefficient (Wildman–Crippen LogP) is 3.78. The molecule has 254 valence electrons. The summed E-state index contributed by atoms with van der Waals surface area (Å²) in [6.07, 6.45) is 1.76. The highest BCUT2D eigenvalue weighted by atomic mass is 35.5. The number of hydrogen-bond donors (Lipinski definition) is 4. The van der Waals surface area contributed by atoms with Crippen LogP contribution in [0.5, 0.6) is 0 Å². The summed E-state index contributed by atoms with van der Waals surface area (Å²) in [6, 6.07) is 13.0. The van der Waals surface area contributed by atoms with Gasteiger partial charge in [0, 0.05) is 30.6 Å². The maximum absolute atomic E-state index is 13.6. The number of amides is 4. The molecule has 46 heavy (non-hydrogen) atoms. The van der Waals surface area contributed by atoms with Crippen molar-refractivity contribution in [1.82, 2.24) is 26.2 Å². The molecule has 0 aliphatic carbocycles. The number of carbonyl (C=O) groups is 5. The fourth-order valence-corrected chi connectivity index (χ4v) is 4.96. The Balaban J connectivity index is 0.0000106. The molecule has 0 saturated heterocycles. The Hall–Kier alpha value is -3.76. The van der Waals surface area contributed by atoms with Crippen LogP contribution in [0.1, 0.15) is 80.7 Å². The smallest absolute Gasteiger partial charge is 0.251 e. The third kappa shape index (κ3) is 14.1. The summed E-state index contributed by atoms with van der Waals surface area (Å²) in [5.41, 5.74) is 1.55. The summed E-state index contributed by atoms with van der Waals surface area (Å²) in [5, 5.41) is 11.3. The van der Waals surface area contributed by atoms with Gasteiger partial charge in [0.2, 0.25) is 11.8 Å². The van der Waals surface area contributed by atoms with Crippen LogP contribution in [-0.4, -0.2) is 79.1 Å². The standard InChI is InChI=1S/C35H51N5O5.ClH/c1-7-40(8-2)19-18-36-32(42)27-14-16-28(17-15-27)33(43)38-31(22-26-12-10-9-11-13-26)35(45)39-30(21-25(5)6)34(44)37-29(23-41)20-24(3)4;/h9-17,23-25,29-31H,7-8,18-22H2,1-6H3,(H,36,42)(H,37,44)(H,38,43)(H,39,45);1H/t29-,30-,31-;/m0./s1. The van der Waals surface area contributed by atoms with E-state index in [0.29, 0.717) is 36.8 Å². The predicted molar refractivity (Wildman–Crippen MR) is 184 cm³/mol. The van der Waals surface area contributed by atoms with Gasteiger partial charge in [0.15, 0.2) is 0 Å². The average molecular weight is 658 g/mol. The Labute approximate surface area is 280 Å². The Kier molecular flexibility index (Phi) is 18.5. The maximum Gasteiger partial charge on any atom is 0.251 e. The van der Waals surface area contributed by atoms with E-state index in [1.165, 1.54) is 0 Å². The highest BCUT2D eigenvalue weighted by molar-refractivity contribution is 6.00. The van der Waals surface area contributed by atoms with Crippen molar-refractivity contribution in [2.45, 2.75) is 78.9 Å². The second kappa shape index (κ2) is 21.1. The zero-order chi connectivity index (χ0) is 33.4. The van der Waals surface area contributed by atoms with Gasteiger partial charge in [0.05, 0.1) is 6.04 Å². The summed E-state index contributed by atoms with van der Waals surface area (Å²) in [7, 11) is 0. The fraction of sp³-hybridized carbons (Fsp3) is 0.514. The second-order valence-electron chi connectivity index (χ2n) is 12.1. The molecule has 0 aromatic heterocycles. The molecule has 10 nitrogen and oxygen atoms in total. The lowest BCUT2D eigenvalue weighted by molar-refractivity contribution is -0.131. The number of nitrogens with zero attached hydrogens (tertiary/aromatic N) is 1. The SMILES string of the molecule is CCN(CC)CCNC(=O)c1ccc(C(=O)N[C@@H](Cc2ccccc2)C(=O)N[C@@H](CC(C)C)C(=O)N[C@H](C=O)CC(C)C)cc1.Cl. The zero-order valence-electron chi connectivity index (χ0n) is 28.0. The first-order valence-corrected chi connectivity index (χ1v) is 16.0. The normalized spacial score (nSPS) is 12.9. The number of likely N-dealkylation sites (N-methyl/N-ethyl adjacent to an activating group) is 1. The van der Waals surface area contributed by atoms with Crippen LogP contribution in [0.15, 0.2) is 54.6 Å². The van der Waals surface area contributed by atoms with Gasteiger partial charge in [-0.3, -0.25) is 19.2 Å². The highest BCUT2D eigenvalue weighted by Gasteiger charge is 2.29. The molecule has 2 rings (SSSR count). The molecule has 0 aliphatic rings. The molecule has 2 aromatic carbocycles. The topological polar surface area (TPSA) is 137 Å². The number of nitrogens with one attached hydrogen (secondary N) is 4. The van der Waals surface area contributed by atoms with Crippen molar-refractivity contribution in [1.29, 1.82) is 0 Å². The Bertz CT molecular complexity index is 1240. The van der Waals surface area contributed by atoms with Crippen LogP contribution in [0, 0.1) is 11.8 Å². The van der Waals surface area contributed by atoms with Crippen molar-refractivity contribution >= 4 is 42.3 Å². The number of aldehydes is 1. The molecule has 0 radical (unpaired) electrons. The Morgan fingerprint density at radius 1 is 0.717 bits per heavy atom. The molecule has 4 amide bonds. The van der Waals surface area contributed by atoms with E-state index in [2.05, 4.69) is 40.0 Å². The molecule has 11 heteroatoms. The van der Waals surface area contributed by atoms with Crippen LogP contribution in [-0.2, 0) is 20.8 Å². The first-order valence-electron chi connectivity index (χ1n) is 16.0. The van der Waals surface area contributed by atoms with Crippen LogP contribution in [0.4, 0.5) is 0 Å². The Morgan fingerprint density at radius 2 is 1.26 bits per heavy atom. The van der Waals surface area contributed by atoms with E-state index in [9.17, 15) is 24.0 Å². The number of benzene rings is 2. The van der Waals surface area contributed by atoms with Gasteiger partial charge in [0.25, 0.3) is 11.8 Å². The van der Waals surface area contributed by atoms with E-state index in [4.69, 9.17) is 0 Å². The summed E-state index contributed by atoms with van der Waals surface area (Å²) in [5.74, 6) is -1.38. The third-order valence-corrected chi connectivity index (χ3v) is 7.48. The minimum Gasteiger partial charge on any atom is -0.351 e. The summed E-state index contributed by atoms with van der Waals surface area (Å²) >= 11 is 0. The molecule has 2 aromatic rings. The molecule has 0 spiro atoms. The second-order valence-corrected chi connectivity index (χ2v) is 12.1. The van der Waals surface area contributed by atoms with E-state index in [0.717, 1.165) is 25.2 Å². The minimum absolute atomic E-state index is 0. The molecule has 0 heterocycles. The molecule has 0 bridgehead atoms. The monoisotopic (exact) mass is 657 g/mol. The van der Waals surface area contributed by atoms with Crippen molar-refractivity contribution in [2.24, 2.45) is 11.8 Å². The number of carbonyl (C=O) groups excluding carboxylic acids is 5. The van der Waals surface area contributed by atoms with E-state index < -0.39 is 35.8 Å². The molecule has 4 N–H and O–H groups in total. The molecule has 0 saturated carbocycles. The van der Waals surface area contributed by atoms with Crippen molar-refractivity contribution < 1.29 is 24.0 Å². The average Bonchev–Trinajstić information content (AvgIpc) is 3.02. The fourth-order valence-electron chi connectivity index (χ4n) is 4.96. The number of halogens is 1. The van der Waals surface area contributed by atoms with Crippen LogP contribution in [0.2, 0.25) is 0 Å². The van der Waals surface area contributed by atoms with Crippen molar-refractivity contribution in [2.75, 3.05) is 26.2 Å². The van der Waals surface area contributed by atoms with Crippen molar-refractivity contribution in [3.05, 3.63) is 71.3 Å². The number of rotatable bonds is 19. The minimum atomic E-state index is -0.983. The molecular weight excluding hydrogens is 606 g/mol. The molecule has 3 atom stereocenters. The lowest BCUT2D eigenvalue weighted by atomic mass is 9.99. The van der Waals surface area contributed by atoms with Gasteiger partial charge in [-0.05, 0) is 67.6 Å². The summed E-state index contributed by atoms with van der Waals surface area (Å²) in [4.78, 5) is 66.6. The maximum atomic E-state index is 13.6. The van der Waals surface area contributed by atoms with Crippen molar-refractivity contribution in [3.8, 4) is 0 Å². The first-order chi connectivity index (χ1) is 21.5. The number of hydrogen-bond acceptors (Lipinski definition) is 6. The molecular formula is C35H52ClN5O5. The van der Waals surface area contributed by atoms with Gasteiger partial charge in [0.1, 0.15) is 18.4 Å². The van der Waals surface area contributed by atoms with Crippen LogP contribution >= 0.6 is 12.4 Å². The van der Waals surface area contributed by atoms with Crippen LogP contribution in [0.3, 0.4) is 0 Å². The molecule has 0 unspecified atom stereocenters. The zero-order valence-corrected chi connectivity index (χ0v) is 28.8. The van der Waals surface area contributed by atoms with Gasteiger partial charge >= 0.3 is 0 Å². The molecule has 0 aliphatic heterocycles. The lowest BCUT2D eigenvalue weighted by Crippen LogP contribution is -2.56. The highest BCUT2D eigenvalue weighted by Crippen LogP contribution is 2.11. The van der Waals surface area contributed by atoms with Crippen LogP contribution in [0.25, 0.3) is 0 Å². The van der Waals surface area contributed by atoms with Gasteiger partial charge < -0.3 is 31.0 Å². The van der Waals surface area contributed by atoms with Gasteiger partial charge in [-0.1, -0.05) is 71.9 Å². The van der Waals surface area contributed by atoms with Gasteiger partial charge in [-0.2, -0.15) is 0 Å². The van der Waals surface area contributed by atoms with Gasteiger partial charge in [-0.25, -0.2) is 0 Å². The van der Waals surface area contributed by atoms with E-state index in [1.54, 1.807) is 24.3 Å². The largest absolute Gasteiger partial charge is 0.351 e. The van der Waals surface area contributed by atoms with E-state index >= 15 is 0 Å². The Morgan fingerprint density at radius 3 is 1.78 bits per heavy atom. The lowest BCUT2D eigenvalue weighted by Gasteiger charge is -2.26. The van der Waals surface area contributed by atoms with E-state index in [-0.39, 0.29) is 36.6 Å². The third-order valence-electron chi connectivity index (χ3n) is 7.48. The molecule has 0 fully saturated rings. The summed E-state index contributed by atoms with van der Waals surface area (Å²) < 4.78 is 0.